The molecule has 0 bridgehead atoms. The summed E-state index contributed by atoms with van der Waals surface area (Å²) in [6.45, 7) is 0. The van der Waals surface area contributed by atoms with Crippen LogP contribution in [0.5, 0.6) is 11.5 Å². The molecule has 1 atom stereocenters. The Morgan fingerprint density at radius 3 is 2.24 bits per heavy atom. The number of rotatable bonds is 5. The molecule has 0 saturated heterocycles. The summed E-state index contributed by atoms with van der Waals surface area (Å²) in [6.07, 6.45) is 8.43. The molecule has 0 amide bonds. The number of hydrogen-bond donors (Lipinski definition) is 1. The van der Waals surface area contributed by atoms with Crippen LogP contribution in [-0.2, 0) is 0 Å². The average molecular weight is 295 g/mol. The summed E-state index contributed by atoms with van der Waals surface area (Å²) in [4.78, 5) is 0. The summed E-state index contributed by atoms with van der Waals surface area (Å²) in [5, 5.41) is 0. The van der Waals surface area contributed by atoms with Crippen molar-refractivity contribution in [1.29, 1.82) is 0 Å². The van der Waals surface area contributed by atoms with E-state index in [2.05, 4.69) is 0 Å². The lowest BCUT2D eigenvalue weighted by molar-refractivity contribution is 0.348. The van der Waals surface area contributed by atoms with Gasteiger partial charge in [0.2, 0.25) is 0 Å². The molecule has 0 aromatic heterocycles. The highest BCUT2D eigenvalue weighted by Crippen LogP contribution is 2.35. The van der Waals surface area contributed by atoms with Crippen LogP contribution in [0.3, 0.4) is 0 Å². The fourth-order valence-corrected chi connectivity index (χ4v) is 3.24. The smallest absolute Gasteiger partial charge is 0.163 e. The van der Waals surface area contributed by atoms with Gasteiger partial charge in [-0.25, -0.2) is 4.39 Å². The summed E-state index contributed by atoms with van der Waals surface area (Å²) < 4.78 is 24.6. The van der Waals surface area contributed by atoms with E-state index in [0.29, 0.717) is 23.0 Å². The van der Waals surface area contributed by atoms with Crippen LogP contribution >= 0.6 is 0 Å². The minimum absolute atomic E-state index is 0.284. The minimum atomic E-state index is -0.311. The Morgan fingerprint density at radius 1 is 1.10 bits per heavy atom. The molecule has 3 nitrogen and oxygen atoms in total. The van der Waals surface area contributed by atoms with Gasteiger partial charge < -0.3 is 15.2 Å². The molecule has 1 fully saturated rings. The molecule has 0 aliphatic heterocycles. The van der Waals surface area contributed by atoms with Crippen molar-refractivity contribution in [3.8, 4) is 11.5 Å². The van der Waals surface area contributed by atoms with Crippen molar-refractivity contribution in [2.24, 2.45) is 11.7 Å². The van der Waals surface area contributed by atoms with Gasteiger partial charge in [-0.15, -0.1) is 0 Å². The summed E-state index contributed by atoms with van der Waals surface area (Å²) >= 11 is 0. The molecule has 0 radical (unpaired) electrons. The predicted octanol–water partition coefficient (Wildman–Crippen LogP) is 4.20. The standard InChI is InChI=1S/C17H26FNO2/c1-20-16-10-13(14(18)11-17(16)21-2)15(19)9-12-7-5-3-4-6-8-12/h10-12,15H,3-9,19H2,1-2H3. The first-order valence-electron chi connectivity index (χ1n) is 7.82. The maximum atomic E-state index is 14.2. The number of nitrogens with two attached hydrogens (primary N) is 1. The maximum Gasteiger partial charge on any atom is 0.163 e. The second-order valence-electron chi connectivity index (χ2n) is 5.93. The van der Waals surface area contributed by atoms with E-state index in [1.165, 1.54) is 51.7 Å². The molecular formula is C17H26FNO2. The molecule has 1 saturated carbocycles. The van der Waals surface area contributed by atoms with Gasteiger partial charge in [0, 0.05) is 17.7 Å². The Morgan fingerprint density at radius 2 is 1.67 bits per heavy atom. The zero-order valence-corrected chi connectivity index (χ0v) is 13.0. The average Bonchev–Trinajstić information content (AvgIpc) is 2.75. The zero-order valence-electron chi connectivity index (χ0n) is 13.0. The van der Waals surface area contributed by atoms with E-state index in [4.69, 9.17) is 15.2 Å². The van der Waals surface area contributed by atoms with E-state index >= 15 is 0 Å². The molecular weight excluding hydrogens is 269 g/mol. The molecule has 1 aromatic carbocycles. The molecule has 1 aliphatic rings. The van der Waals surface area contributed by atoms with Crippen molar-refractivity contribution in [2.75, 3.05) is 14.2 Å². The highest BCUT2D eigenvalue weighted by molar-refractivity contribution is 5.44. The number of benzene rings is 1. The van der Waals surface area contributed by atoms with Gasteiger partial charge in [0.25, 0.3) is 0 Å². The van der Waals surface area contributed by atoms with E-state index in [0.717, 1.165) is 6.42 Å². The van der Waals surface area contributed by atoms with E-state index in [-0.39, 0.29) is 11.9 Å². The number of methoxy groups -OCH3 is 2. The predicted molar refractivity (Wildman–Crippen MR) is 82.2 cm³/mol. The van der Waals surface area contributed by atoms with Crippen LogP contribution in [0.4, 0.5) is 4.39 Å². The maximum absolute atomic E-state index is 14.2. The molecule has 0 spiro atoms. The summed E-state index contributed by atoms with van der Waals surface area (Å²) in [7, 11) is 3.05. The SMILES string of the molecule is COc1cc(F)c(C(N)CC2CCCCCC2)cc1OC. The Balaban J connectivity index is 2.12. The fraction of sp³-hybridized carbons (Fsp3) is 0.647. The van der Waals surface area contributed by atoms with Gasteiger partial charge in [0.15, 0.2) is 11.5 Å². The molecule has 4 heteroatoms. The van der Waals surface area contributed by atoms with Gasteiger partial charge in [-0.2, -0.15) is 0 Å². The summed E-state index contributed by atoms with van der Waals surface area (Å²) in [5.74, 6) is 1.23. The lowest BCUT2D eigenvalue weighted by atomic mass is 9.89. The van der Waals surface area contributed by atoms with E-state index in [1.807, 2.05) is 0 Å². The van der Waals surface area contributed by atoms with Crippen molar-refractivity contribution in [2.45, 2.75) is 51.0 Å². The van der Waals surface area contributed by atoms with Gasteiger partial charge in [-0.05, 0) is 18.4 Å². The van der Waals surface area contributed by atoms with Crippen LogP contribution in [0.1, 0.15) is 56.6 Å². The van der Waals surface area contributed by atoms with E-state index in [9.17, 15) is 4.39 Å². The van der Waals surface area contributed by atoms with Crippen LogP contribution in [0, 0.1) is 11.7 Å². The van der Waals surface area contributed by atoms with Crippen LogP contribution in [0.15, 0.2) is 12.1 Å². The molecule has 118 valence electrons. The molecule has 2 N–H and O–H groups in total. The molecule has 21 heavy (non-hydrogen) atoms. The Hall–Kier alpha value is -1.29. The van der Waals surface area contributed by atoms with Crippen LogP contribution in [-0.4, -0.2) is 14.2 Å². The number of halogens is 1. The first-order valence-corrected chi connectivity index (χ1v) is 7.82. The second-order valence-corrected chi connectivity index (χ2v) is 5.93. The zero-order chi connectivity index (χ0) is 15.2. The van der Waals surface area contributed by atoms with Crippen molar-refractivity contribution < 1.29 is 13.9 Å². The normalized spacial score (nSPS) is 18.1. The fourth-order valence-electron chi connectivity index (χ4n) is 3.24. The van der Waals surface area contributed by atoms with Crippen molar-refractivity contribution in [1.82, 2.24) is 0 Å². The summed E-state index contributed by atoms with van der Waals surface area (Å²) in [5.41, 5.74) is 6.78. The van der Waals surface area contributed by atoms with Gasteiger partial charge in [-0.1, -0.05) is 38.5 Å². The second kappa shape index (κ2) is 7.64. The minimum Gasteiger partial charge on any atom is -0.493 e. The lowest BCUT2D eigenvalue weighted by Gasteiger charge is -2.21. The molecule has 1 unspecified atom stereocenters. The molecule has 1 aromatic rings. The number of ether oxygens (including phenoxy) is 2. The van der Waals surface area contributed by atoms with Crippen LogP contribution in [0.25, 0.3) is 0 Å². The van der Waals surface area contributed by atoms with Gasteiger partial charge >= 0.3 is 0 Å². The Bertz CT molecular complexity index is 456. The van der Waals surface area contributed by atoms with Gasteiger partial charge in [0.1, 0.15) is 5.82 Å². The molecule has 1 aliphatic carbocycles. The Kier molecular flexibility index (Phi) is 5.85. The largest absolute Gasteiger partial charge is 0.493 e. The van der Waals surface area contributed by atoms with Crippen molar-refractivity contribution in [3.05, 3.63) is 23.5 Å². The van der Waals surface area contributed by atoms with E-state index < -0.39 is 0 Å². The monoisotopic (exact) mass is 295 g/mol. The van der Waals surface area contributed by atoms with Crippen LogP contribution in [0.2, 0.25) is 0 Å². The molecule has 0 heterocycles. The topological polar surface area (TPSA) is 44.5 Å². The van der Waals surface area contributed by atoms with Gasteiger partial charge in [0.05, 0.1) is 14.2 Å². The third kappa shape index (κ3) is 4.10. The van der Waals surface area contributed by atoms with Crippen molar-refractivity contribution >= 4 is 0 Å². The highest BCUT2D eigenvalue weighted by Gasteiger charge is 2.21. The summed E-state index contributed by atoms with van der Waals surface area (Å²) in [6, 6.07) is 2.75. The first-order chi connectivity index (χ1) is 10.2. The Labute approximate surface area is 126 Å². The highest BCUT2D eigenvalue weighted by atomic mass is 19.1. The quantitative estimate of drug-likeness (QED) is 0.828. The lowest BCUT2D eigenvalue weighted by Crippen LogP contribution is -2.17. The first kappa shape index (κ1) is 16.1. The molecule has 2 rings (SSSR count). The third-order valence-corrected chi connectivity index (χ3v) is 4.46. The van der Waals surface area contributed by atoms with Crippen molar-refractivity contribution in [3.63, 3.8) is 0 Å². The van der Waals surface area contributed by atoms with E-state index in [1.54, 1.807) is 13.2 Å². The number of hydrogen-bond acceptors (Lipinski definition) is 3. The third-order valence-electron chi connectivity index (χ3n) is 4.46. The van der Waals surface area contributed by atoms with Crippen LogP contribution < -0.4 is 15.2 Å². The van der Waals surface area contributed by atoms with Gasteiger partial charge in [-0.3, -0.25) is 0 Å².